The summed E-state index contributed by atoms with van der Waals surface area (Å²) < 4.78 is 6.59. The van der Waals surface area contributed by atoms with Crippen molar-refractivity contribution in [2.24, 2.45) is 0 Å². The van der Waals surface area contributed by atoms with Crippen LogP contribution in [0.15, 0.2) is 60.7 Å². The Balaban J connectivity index is 0.00000104. The average Bonchev–Trinajstić information content (AvgIpc) is 3.12. The summed E-state index contributed by atoms with van der Waals surface area (Å²) in [7, 11) is 0. The predicted octanol–water partition coefficient (Wildman–Crippen LogP) is 1.97. The van der Waals surface area contributed by atoms with E-state index in [1.54, 1.807) is 11.1 Å². The van der Waals surface area contributed by atoms with Crippen LogP contribution in [0.5, 0.6) is 0 Å². The molecule has 0 aromatic heterocycles. The summed E-state index contributed by atoms with van der Waals surface area (Å²) in [4.78, 5) is 0. The maximum Gasteiger partial charge on any atom is -1.00 e. The number of hydrogen-bond donors (Lipinski definition) is 0. The zero-order valence-corrected chi connectivity index (χ0v) is 18.3. The van der Waals surface area contributed by atoms with Gasteiger partial charge < -0.3 is 13.8 Å². The maximum absolute atomic E-state index is 3.02. The first kappa shape index (κ1) is 17.1. The molecule has 2 aromatic carbocycles. The molecule has 0 nitrogen and oxygen atoms in total. The van der Waals surface area contributed by atoms with Gasteiger partial charge >= 0.3 is 136 Å². The van der Waals surface area contributed by atoms with Gasteiger partial charge in [-0.3, -0.25) is 0 Å². The Kier molecular flexibility index (Phi) is 4.24. The first-order valence-electron chi connectivity index (χ1n) is 8.07. The number of rotatable bonds is 2. The summed E-state index contributed by atoms with van der Waals surface area (Å²) in [5.41, 5.74) is 5.98. The van der Waals surface area contributed by atoms with E-state index in [9.17, 15) is 0 Å². The van der Waals surface area contributed by atoms with Crippen molar-refractivity contribution in [2.75, 3.05) is 0 Å². The Morgan fingerprint density at radius 2 is 1.17 bits per heavy atom. The molecule has 3 heteroatoms. The van der Waals surface area contributed by atoms with Gasteiger partial charge in [-0.05, 0) is 0 Å². The largest absolute Gasteiger partial charge is 1.00 e. The van der Waals surface area contributed by atoms with Gasteiger partial charge in [0.1, 0.15) is 0 Å². The van der Waals surface area contributed by atoms with Crippen molar-refractivity contribution in [2.45, 2.75) is 16.5 Å². The van der Waals surface area contributed by atoms with Crippen LogP contribution in [0.4, 0.5) is 0 Å². The van der Waals surface area contributed by atoms with Crippen LogP contribution in [-0.2, 0) is 17.4 Å². The van der Waals surface area contributed by atoms with Gasteiger partial charge in [-0.15, -0.1) is 0 Å². The second kappa shape index (κ2) is 5.69. The average molecular weight is 418 g/mol. The molecule has 4 rings (SSSR count). The third kappa shape index (κ3) is 2.60. The van der Waals surface area contributed by atoms with Crippen molar-refractivity contribution in [1.82, 2.24) is 0 Å². The van der Waals surface area contributed by atoms with Crippen LogP contribution in [0.3, 0.4) is 0 Å². The molecule has 0 amide bonds. The molecule has 0 N–H and O–H groups in total. The fraction of sp³-hybridized carbons (Fsp3) is 0.200. The Morgan fingerprint density at radius 3 is 1.61 bits per heavy atom. The quantitative estimate of drug-likeness (QED) is 0.655. The molecule has 0 spiro atoms. The van der Waals surface area contributed by atoms with Crippen LogP contribution in [-0.4, -0.2) is 6.88 Å². The number of halogens is 1. The summed E-state index contributed by atoms with van der Waals surface area (Å²) >= 11 is -3.02. The van der Waals surface area contributed by atoms with Crippen LogP contribution in [0.25, 0.3) is 12.2 Å². The van der Waals surface area contributed by atoms with Gasteiger partial charge in [0, 0.05) is 0 Å². The van der Waals surface area contributed by atoms with Crippen molar-refractivity contribution in [3.8, 4) is 0 Å². The summed E-state index contributed by atoms with van der Waals surface area (Å²) in [6.07, 6.45) is 9.69. The molecule has 0 aliphatic heterocycles. The molecule has 23 heavy (non-hydrogen) atoms. The molecule has 2 atom stereocenters. The van der Waals surface area contributed by atoms with Crippen LogP contribution in [0, 0.1) is 0 Å². The smallest absolute Gasteiger partial charge is 1.00 e. The summed E-state index contributed by atoms with van der Waals surface area (Å²) in [6.45, 7) is 2.37. The minimum absolute atomic E-state index is 0. The van der Waals surface area contributed by atoms with Crippen LogP contribution < -0.4 is 12.4 Å². The van der Waals surface area contributed by atoms with E-state index in [-0.39, 0.29) is 13.8 Å². The van der Waals surface area contributed by atoms with Crippen molar-refractivity contribution >= 4 is 19.0 Å². The maximum atomic E-state index is 2.65. The second-order valence-corrected chi connectivity index (χ2v) is 38.6. The second-order valence-electron chi connectivity index (χ2n) is 7.87. The minimum atomic E-state index is -3.02. The fourth-order valence-electron chi connectivity index (χ4n) is 4.35. The van der Waals surface area contributed by atoms with E-state index in [0.29, 0.717) is 7.25 Å². The van der Waals surface area contributed by atoms with E-state index < -0.39 is 17.4 Å². The molecule has 2 aromatic rings. The Labute approximate surface area is 149 Å². The van der Waals surface area contributed by atoms with Gasteiger partial charge in [-0.25, -0.2) is 0 Å². The van der Waals surface area contributed by atoms with Gasteiger partial charge in [0.25, 0.3) is 0 Å². The summed E-state index contributed by atoms with van der Waals surface area (Å²) in [5.74, 6) is 0. The topological polar surface area (TPSA) is 0 Å². The summed E-state index contributed by atoms with van der Waals surface area (Å²) in [5, 5.41) is 0. The van der Waals surface area contributed by atoms with Gasteiger partial charge in [0.2, 0.25) is 0 Å². The molecule has 0 radical (unpaired) electrons. The molecule has 120 valence electrons. The molecule has 0 saturated carbocycles. The monoisotopic (exact) mass is 416 g/mol. The Hall–Kier alpha value is -0.690. The van der Waals surface area contributed by atoms with Crippen molar-refractivity contribution in [3.63, 3.8) is 0 Å². The SMILES string of the molecule is [CH3][Zr]([CH3])(=[SiH2])([CH]1C=Cc2ccccc21)[CH]1C=Cc2ccccc21.[Cl-].[H-]. The summed E-state index contributed by atoms with van der Waals surface area (Å²) in [6, 6.07) is 17.9. The Morgan fingerprint density at radius 1 is 0.783 bits per heavy atom. The van der Waals surface area contributed by atoms with E-state index in [0.717, 1.165) is 0 Å². The number of hydrogen-bond acceptors (Lipinski definition) is 0. The Bertz CT molecular complexity index is 827. The van der Waals surface area contributed by atoms with Crippen molar-refractivity contribution < 1.29 is 31.2 Å². The van der Waals surface area contributed by atoms with Crippen LogP contribution >= 0.6 is 0 Å². The van der Waals surface area contributed by atoms with Gasteiger partial charge in [-0.1, -0.05) is 0 Å². The third-order valence-electron chi connectivity index (χ3n) is 5.64. The van der Waals surface area contributed by atoms with E-state index in [4.69, 9.17) is 0 Å². The van der Waals surface area contributed by atoms with Crippen molar-refractivity contribution in [1.29, 1.82) is 0 Å². The van der Waals surface area contributed by atoms with Crippen LogP contribution in [0.2, 0.25) is 9.26 Å². The van der Waals surface area contributed by atoms with Gasteiger partial charge in [0.15, 0.2) is 0 Å². The molecule has 2 aliphatic rings. The number of fused-ring (bicyclic) bond motifs is 2. The molecular formula is C20H23ClSiZr-2. The molecule has 0 heterocycles. The molecule has 2 unspecified atom stereocenters. The number of benzene rings is 2. The molecule has 0 saturated heterocycles. The van der Waals surface area contributed by atoms with Crippen molar-refractivity contribution in [3.05, 3.63) is 82.9 Å². The fourth-order valence-corrected chi connectivity index (χ4v) is 19.4. The van der Waals surface area contributed by atoms with E-state index in [1.807, 2.05) is 0 Å². The molecule has 2 aliphatic carbocycles. The third-order valence-corrected chi connectivity index (χ3v) is 23.4. The van der Waals surface area contributed by atoms with E-state index in [1.165, 1.54) is 11.1 Å². The molecule has 0 bridgehead atoms. The van der Waals surface area contributed by atoms with Crippen LogP contribution in [0.1, 0.15) is 30.9 Å². The predicted molar refractivity (Wildman–Crippen MR) is 97.8 cm³/mol. The van der Waals surface area contributed by atoms with Gasteiger partial charge in [-0.2, -0.15) is 0 Å². The standard InChI is InChI=1S/2C9H7.2CH3.ClH.H2Si.Zr.H/c2*1-2-5-9-7-3-6-8(9)4-1;;;;;;/h2*1-7H;2*1H3;1H;1H2;;/q;;;;;;;-1/p-1. The molecular weight excluding hydrogens is 395 g/mol. The normalized spacial score (nSPS) is 21.7. The zero-order valence-electron chi connectivity index (χ0n) is 14.7. The molecule has 0 fully saturated rings. The first-order chi connectivity index (χ1) is 10.5. The van der Waals surface area contributed by atoms with E-state index in [2.05, 4.69) is 89.0 Å². The van der Waals surface area contributed by atoms with E-state index >= 15 is 0 Å². The minimum Gasteiger partial charge on any atom is -1.00 e. The number of allylic oxidation sites excluding steroid dienone is 2. The first-order valence-corrected chi connectivity index (χ1v) is 21.7. The van der Waals surface area contributed by atoms with Gasteiger partial charge in [0.05, 0.1) is 0 Å². The zero-order chi connectivity index (χ0) is 15.4.